The number of carbonyl (C=O) groups is 1. The number of ether oxygens (including phenoxy) is 1. The third-order valence-corrected chi connectivity index (χ3v) is 4.48. The Bertz CT molecular complexity index is 886. The normalized spacial score (nSPS) is 12.9. The minimum absolute atomic E-state index is 0.0482. The highest BCUT2D eigenvalue weighted by Gasteiger charge is 2.34. The van der Waals surface area contributed by atoms with Gasteiger partial charge in [-0.1, -0.05) is 36.4 Å². The first-order valence-corrected chi connectivity index (χ1v) is 8.21. The minimum atomic E-state index is -0.358. The number of amides is 1. The molecule has 1 aliphatic rings. The molecule has 0 atom stereocenters. The molecule has 0 saturated carbocycles. The van der Waals surface area contributed by atoms with Gasteiger partial charge in [-0.3, -0.25) is 9.48 Å². The van der Waals surface area contributed by atoms with Crippen LogP contribution in [0.15, 0.2) is 60.9 Å². The average molecular weight is 333 g/mol. The van der Waals surface area contributed by atoms with Gasteiger partial charge in [-0.25, -0.2) is 0 Å². The van der Waals surface area contributed by atoms with Crippen LogP contribution in [0.3, 0.4) is 0 Å². The van der Waals surface area contributed by atoms with E-state index in [4.69, 9.17) is 4.74 Å². The SMILES string of the molecule is CN(Cc1cnn(C)c1)C(=O)C1c2ccccc2Oc2ccccc21. The molecule has 0 N–H and O–H groups in total. The molecular weight excluding hydrogens is 314 g/mol. The van der Waals surface area contributed by atoms with Gasteiger partial charge in [-0.15, -0.1) is 0 Å². The van der Waals surface area contributed by atoms with Crippen molar-refractivity contribution in [3.63, 3.8) is 0 Å². The topological polar surface area (TPSA) is 47.4 Å². The van der Waals surface area contributed by atoms with E-state index in [1.165, 1.54) is 0 Å². The lowest BCUT2D eigenvalue weighted by molar-refractivity contribution is -0.131. The maximum Gasteiger partial charge on any atom is 0.234 e. The van der Waals surface area contributed by atoms with E-state index in [0.717, 1.165) is 28.2 Å². The Balaban J connectivity index is 1.70. The van der Waals surface area contributed by atoms with E-state index in [9.17, 15) is 4.79 Å². The molecular formula is C20H19N3O2. The Morgan fingerprint density at radius 2 is 1.72 bits per heavy atom. The number of likely N-dealkylation sites (N-methyl/N-ethyl adjacent to an activating group) is 1. The highest BCUT2D eigenvalue weighted by molar-refractivity contribution is 5.89. The van der Waals surface area contributed by atoms with E-state index in [0.29, 0.717) is 6.54 Å². The molecule has 0 spiro atoms. The first-order chi connectivity index (χ1) is 12.1. The number of aromatic nitrogens is 2. The third kappa shape index (κ3) is 2.78. The Morgan fingerprint density at radius 3 is 2.28 bits per heavy atom. The summed E-state index contributed by atoms with van der Waals surface area (Å²) in [7, 11) is 3.70. The molecule has 1 aliphatic heterocycles. The van der Waals surface area contributed by atoms with Gasteiger partial charge in [-0.05, 0) is 12.1 Å². The number of para-hydroxylation sites is 2. The summed E-state index contributed by atoms with van der Waals surface area (Å²) in [5.74, 6) is 1.18. The first-order valence-electron chi connectivity index (χ1n) is 8.21. The van der Waals surface area contributed by atoms with Gasteiger partial charge in [-0.2, -0.15) is 5.10 Å². The van der Waals surface area contributed by atoms with Gasteiger partial charge in [0.05, 0.1) is 12.1 Å². The van der Waals surface area contributed by atoms with E-state index in [-0.39, 0.29) is 11.8 Å². The lowest BCUT2D eigenvalue weighted by Crippen LogP contribution is -2.33. The van der Waals surface area contributed by atoms with Gasteiger partial charge in [0, 0.05) is 43.5 Å². The fraction of sp³-hybridized carbons (Fsp3) is 0.200. The molecule has 5 heteroatoms. The van der Waals surface area contributed by atoms with Gasteiger partial charge in [0.2, 0.25) is 5.91 Å². The Labute approximate surface area is 146 Å². The van der Waals surface area contributed by atoms with E-state index in [2.05, 4.69) is 5.10 Å². The second kappa shape index (κ2) is 6.09. The minimum Gasteiger partial charge on any atom is -0.457 e. The third-order valence-electron chi connectivity index (χ3n) is 4.48. The summed E-state index contributed by atoms with van der Waals surface area (Å²) >= 11 is 0. The van der Waals surface area contributed by atoms with Crippen molar-refractivity contribution in [3.05, 3.63) is 77.6 Å². The monoisotopic (exact) mass is 333 g/mol. The summed E-state index contributed by atoms with van der Waals surface area (Å²) in [6.45, 7) is 0.522. The van der Waals surface area contributed by atoms with Crippen LogP contribution >= 0.6 is 0 Å². The van der Waals surface area contributed by atoms with Crippen LogP contribution in [0.2, 0.25) is 0 Å². The van der Waals surface area contributed by atoms with Crippen molar-refractivity contribution in [1.29, 1.82) is 0 Å². The summed E-state index contributed by atoms with van der Waals surface area (Å²) in [4.78, 5) is 15.0. The Morgan fingerprint density at radius 1 is 1.12 bits per heavy atom. The second-order valence-corrected chi connectivity index (χ2v) is 6.33. The van der Waals surface area contributed by atoms with E-state index in [1.807, 2.05) is 68.8 Å². The quantitative estimate of drug-likeness (QED) is 0.739. The summed E-state index contributed by atoms with van der Waals surface area (Å²) in [6.07, 6.45) is 3.71. The molecule has 0 aliphatic carbocycles. The maximum absolute atomic E-state index is 13.3. The molecule has 0 fully saturated rings. The average Bonchev–Trinajstić information content (AvgIpc) is 3.03. The van der Waals surface area contributed by atoms with Crippen LogP contribution in [0, 0.1) is 0 Å². The van der Waals surface area contributed by atoms with Crippen molar-refractivity contribution < 1.29 is 9.53 Å². The number of aryl methyl sites for hydroxylation is 1. The van der Waals surface area contributed by atoms with E-state index in [1.54, 1.807) is 15.8 Å². The van der Waals surface area contributed by atoms with Crippen molar-refractivity contribution in [3.8, 4) is 11.5 Å². The highest BCUT2D eigenvalue weighted by atomic mass is 16.5. The second-order valence-electron chi connectivity index (χ2n) is 6.33. The van der Waals surface area contributed by atoms with Crippen LogP contribution in [-0.4, -0.2) is 27.6 Å². The van der Waals surface area contributed by atoms with E-state index >= 15 is 0 Å². The van der Waals surface area contributed by atoms with Gasteiger partial charge in [0.15, 0.2) is 0 Å². The summed E-state index contributed by atoms with van der Waals surface area (Å²) in [6, 6.07) is 15.5. The van der Waals surface area contributed by atoms with Gasteiger partial charge in [0.25, 0.3) is 0 Å². The number of nitrogens with zero attached hydrogens (tertiary/aromatic N) is 3. The predicted molar refractivity (Wildman–Crippen MR) is 94.5 cm³/mol. The van der Waals surface area contributed by atoms with Crippen molar-refractivity contribution in [2.24, 2.45) is 7.05 Å². The zero-order chi connectivity index (χ0) is 17.4. The van der Waals surface area contributed by atoms with Crippen LogP contribution < -0.4 is 4.74 Å². The van der Waals surface area contributed by atoms with Crippen molar-refractivity contribution >= 4 is 5.91 Å². The highest BCUT2D eigenvalue weighted by Crippen LogP contribution is 2.44. The predicted octanol–water partition coefficient (Wildman–Crippen LogP) is 3.32. The molecule has 5 nitrogen and oxygen atoms in total. The number of fused-ring (bicyclic) bond motifs is 2. The first kappa shape index (κ1) is 15.4. The van der Waals surface area contributed by atoms with Gasteiger partial charge < -0.3 is 9.64 Å². The number of carbonyl (C=O) groups excluding carboxylic acids is 1. The van der Waals surface area contributed by atoms with Crippen molar-refractivity contribution in [2.75, 3.05) is 7.05 Å². The van der Waals surface area contributed by atoms with Crippen LogP contribution in [0.25, 0.3) is 0 Å². The van der Waals surface area contributed by atoms with Crippen molar-refractivity contribution in [1.82, 2.24) is 14.7 Å². The molecule has 1 amide bonds. The molecule has 0 bridgehead atoms. The molecule has 126 valence electrons. The maximum atomic E-state index is 13.3. The van der Waals surface area contributed by atoms with Crippen LogP contribution in [0.1, 0.15) is 22.6 Å². The molecule has 2 heterocycles. The summed E-state index contributed by atoms with van der Waals surface area (Å²) in [5, 5.41) is 4.17. The summed E-state index contributed by atoms with van der Waals surface area (Å²) < 4.78 is 7.72. The molecule has 25 heavy (non-hydrogen) atoms. The van der Waals surface area contributed by atoms with Gasteiger partial charge >= 0.3 is 0 Å². The standard InChI is InChI=1S/C20H19N3O2/c1-22(12-14-11-21-23(2)13-14)20(24)19-15-7-3-5-9-17(15)25-18-10-6-4-8-16(18)19/h3-11,13,19H,12H2,1-2H3. The zero-order valence-electron chi connectivity index (χ0n) is 14.2. The number of rotatable bonds is 3. The van der Waals surface area contributed by atoms with Crippen molar-refractivity contribution in [2.45, 2.75) is 12.5 Å². The summed E-state index contributed by atoms with van der Waals surface area (Å²) in [5.41, 5.74) is 2.82. The zero-order valence-corrected chi connectivity index (χ0v) is 14.2. The number of benzene rings is 2. The molecule has 2 aromatic carbocycles. The van der Waals surface area contributed by atoms with Crippen LogP contribution in [0.4, 0.5) is 0 Å². The number of hydrogen-bond acceptors (Lipinski definition) is 3. The largest absolute Gasteiger partial charge is 0.457 e. The fourth-order valence-electron chi connectivity index (χ4n) is 3.30. The van der Waals surface area contributed by atoms with E-state index < -0.39 is 0 Å². The fourth-order valence-corrected chi connectivity index (χ4v) is 3.30. The van der Waals surface area contributed by atoms with Crippen LogP contribution in [-0.2, 0) is 18.4 Å². The number of hydrogen-bond donors (Lipinski definition) is 0. The molecule has 0 saturated heterocycles. The molecule has 1 aromatic heterocycles. The van der Waals surface area contributed by atoms with Gasteiger partial charge in [0.1, 0.15) is 11.5 Å². The molecule has 4 rings (SSSR count). The molecule has 0 unspecified atom stereocenters. The Hall–Kier alpha value is -3.08. The Kier molecular flexibility index (Phi) is 3.76. The molecule has 3 aromatic rings. The lowest BCUT2D eigenvalue weighted by Gasteiger charge is -2.30. The smallest absolute Gasteiger partial charge is 0.234 e. The van der Waals surface area contributed by atoms with Crippen LogP contribution in [0.5, 0.6) is 11.5 Å². The molecule has 0 radical (unpaired) electrons. The lowest BCUT2D eigenvalue weighted by atomic mass is 9.87.